The maximum Gasteiger partial charge on any atom is 0.211 e. The van der Waals surface area contributed by atoms with Gasteiger partial charge in [0.15, 0.2) is 0 Å². The average molecular weight is 309 g/mol. The molecule has 1 aromatic carbocycles. The first-order valence-electron chi connectivity index (χ1n) is 7.15. The summed E-state index contributed by atoms with van der Waals surface area (Å²) in [5.74, 6) is 6.10. The zero-order valence-corrected chi connectivity index (χ0v) is 13.4. The zero-order valence-electron chi connectivity index (χ0n) is 12.6. The molecule has 0 saturated heterocycles. The number of hydrogen-bond donors (Lipinski definition) is 2. The second-order valence-corrected chi connectivity index (χ2v) is 6.89. The maximum atomic E-state index is 11.6. The van der Waals surface area contributed by atoms with Crippen LogP contribution < -0.4 is 4.72 Å². The first-order valence-corrected chi connectivity index (χ1v) is 8.80. The minimum Gasteiger partial charge on any atom is -0.395 e. The second-order valence-electron chi connectivity index (χ2n) is 4.97. The highest BCUT2D eigenvalue weighted by Crippen LogP contribution is 2.15. The summed E-state index contributed by atoms with van der Waals surface area (Å²) in [4.78, 5) is 0. The number of aliphatic hydroxyl groups is 1. The highest BCUT2D eigenvalue weighted by Gasteiger charge is 2.11. The lowest BCUT2D eigenvalue weighted by atomic mass is 10.0. The molecule has 1 aromatic rings. The van der Waals surface area contributed by atoms with E-state index in [1.807, 2.05) is 38.1 Å². The van der Waals surface area contributed by atoms with Crippen molar-refractivity contribution in [3.05, 3.63) is 35.4 Å². The van der Waals surface area contributed by atoms with Crippen molar-refractivity contribution in [3.8, 4) is 11.8 Å². The molecular formula is C16H23NO3S. The second kappa shape index (κ2) is 8.83. The summed E-state index contributed by atoms with van der Waals surface area (Å²) in [6, 6.07) is 7.75. The fraction of sp³-hybridized carbons (Fsp3) is 0.500. The number of benzene rings is 1. The number of aliphatic hydroxyl groups excluding tert-OH is 1. The van der Waals surface area contributed by atoms with Gasteiger partial charge in [-0.05, 0) is 30.0 Å². The molecule has 1 rings (SSSR count). The Bertz CT molecular complexity index is 582. The van der Waals surface area contributed by atoms with Gasteiger partial charge in [-0.1, -0.05) is 37.8 Å². The van der Waals surface area contributed by atoms with Gasteiger partial charge in [-0.2, -0.15) is 0 Å². The Morgan fingerprint density at radius 3 is 2.52 bits per heavy atom. The van der Waals surface area contributed by atoms with Gasteiger partial charge in [0, 0.05) is 18.5 Å². The van der Waals surface area contributed by atoms with E-state index in [2.05, 4.69) is 16.6 Å². The van der Waals surface area contributed by atoms with Crippen LogP contribution in [-0.4, -0.2) is 32.4 Å². The molecule has 0 aromatic heterocycles. The number of nitrogens with one attached hydrogen (secondary N) is 1. The van der Waals surface area contributed by atoms with Gasteiger partial charge in [0.2, 0.25) is 10.0 Å². The van der Waals surface area contributed by atoms with Crippen LogP contribution in [0.15, 0.2) is 24.3 Å². The maximum absolute atomic E-state index is 11.6. The smallest absolute Gasteiger partial charge is 0.211 e. The third-order valence-electron chi connectivity index (χ3n) is 3.03. The van der Waals surface area contributed by atoms with Crippen LogP contribution in [0.25, 0.3) is 0 Å². The average Bonchev–Trinajstić information content (AvgIpc) is 2.46. The van der Waals surface area contributed by atoms with E-state index in [-0.39, 0.29) is 18.3 Å². The highest BCUT2D eigenvalue weighted by molar-refractivity contribution is 7.89. The van der Waals surface area contributed by atoms with Crippen LogP contribution in [0.5, 0.6) is 0 Å². The molecule has 5 heteroatoms. The molecule has 0 bridgehead atoms. The van der Waals surface area contributed by atoms with Crippen LogP contribution in [0.3, 0.4) is 0 Å². The van der Waals surface area contributed by atoms with Crippen LogP contribution in [0.2, 0.25) is 0 Å². The lowest BCUT2D eigenvalue weighted by Crippen LogP contribution is -2.29. The van der Waals surface area contributed by atoms with E-state index in [1.54, 1.807) is 0 Å². The zero-order chi connectivity index (χ0) is 15.7. The van der Waals surface area contributed by atoms with Crippen molar-refractivity contribution >= 4 is 10.0 Å². The van der Waals surface area contributed by atoms with Crippen LogP contribution in [0.4, 0.5) is 0 Å². The van der Waals surface area contributed by atoms with E-state index in [0.717, 1.165) is 11.1 Å². The fourth-order valence-electron chi connectivity index (χ4n) is 1.83. The Balaban J connectivity index is 2.60. The van der Waals surface area contributed by atoms with Crippen LogP contribution >= 0.6 is 0 Å². The lowest BCUT2D eigenvalue weighted by Gasteiger charge is -2.13. The Kier molecular flexibility index (Phi) is 7.44. The minimum absolute atomic E-state index is 0.0695. The molecule has 1 atom stereocenters. The van der Waals surface area contributed by atoms with Crippen LogP contribution in [0.1, 0.15) is 43.7 Å². The predicted octanol–water partition coefficient (Wildman–Crippen LogP) is 1.85. The highest BCUT2D eigenvalue weighted by atomic mass is 32.2. The van der Waals surface area contributed by atoms with E-state index in [1.165, 1.54) is 0 Å². The van der Waals surface area contributed by atoms with E-state index < -0.39 is 10.0 Å². The molecule has 0 fully saturated rings. The summed E-state index contributed by atoms with van der Waals surface area (Å²) >= 11 is 0. The standard InChI is InChI=1S/C16H23NO3S/c1-3-12-21(19,20)17-13-14(2)16-9-7-15(8-10-16)6-4-5-11-18/h7-10,14,17-18H,3,5,11-13H2,1-2H3. The molecule has 0 spiro atoms. The van der Waals surface area contributed by atoms with Crippen molar-refractivity contribution in [1.82, 2.24) is 4.72 Å². The summed E-state index contributed by atoms with van der Waals surface area (Å²) in [6.45, 7) is 4.30. The molecule has 0 radical (unpaired) electrons. The van der Waals surface area contributed by atoms with E-state index in [9.17, 15) is 8.42 Å². The van der Waals surface area contributed by atoms with Gasteiger partial charge in [0.25, 0.3) is 0 Å². The molecule has 0 aliphatic heterocycles. The number of hydrogen-bond acceptors (Lipinski definition) is 3. The normalized spacial score (nSPS) is 12.5. The summed E-state index contributed by atoms with van der Waals surface area (Å²) in [5.41, 5.74) is 1.97. The van der Waals surface area contributed by atoms with Gasteiger partial charge in [-0.15, -0.1) is 0 Å². The van der Waals surface area contributed by atoms with Gasteiger partial charge in [0.1, 0.15) is 0 Å². The van der Waals surface area contributed by atoms with E-state index >= 15 is 0 Å². The van der Waals surface area contributed by atoms with Gasteiger partial charge in [0.05, 0.1) is 12.4 Å². The Morgan fingerprint density at radius 2 is 1.95 bits per heavy atom. The largest absolute Gasteiger partial charge is 0.395 e. The van der Waals surface area contributed by atoms with Crippen molar-refractivity contribution in [1.29, 1.82) is 0 Å². The van der Waals surface area contributed by atoms with E-state index in [0.29, 0.717) is 19.4 Å². The van der Waals surface area contributed by atoms with Crippen molar-refractivity contribution in [2.24, 2.45) is 0 Å². The van der Waals surface area contributed by atoms with Crippen molar-refractivity contribution < 1.29 is 13.5 Å². The molecular weight excluding hydrogens is 286 g/mol. The fourth-order valence-corrected chi connectivity index (χ4v) is 3.01. The monoisotopic (exact) mass is 309 g/mol. The summed E-state index contributed by atoms with van der Waals surface area (Å²) in [6.07, 6.45) is 1.09. The predicted molar refractivity (Wildman–Crippen MR) is 85.5 cm³/mol. The molecule has 2 N–H and O–H groups in total. The van der Waals surface area contributed by atoms with Crippen LogP contribution in [-0.2, 0) is 10.0 Å². The Labute approximate surface area is 127 Å². The van der Waals surface area contributed by atoms with Crippen LogP contribution in [0, 0.1) is 11.8 Å². The first-order chi connectivity index (χ1) is 9.98. The molecule has 0 aliphatic carbocycles. The van der Waals surface area contributed by atoms with Gasteiger partial charge >= 0.3 is 0 Å². The third-order valence-corrected chi connectivity index (χ3v) is 4.58. The molecule has 0 heterocycles. The first kappa shape index (κ1) is 17.7. The minimum atomic E-state index is -3.15. The molecule has 0 amide bonds. The lowest BCUT2D eigenvalue weighted by molar-refractivity contribution is 0.305. The molecule has 21 heavy (non-hydrogen) atoms. The van der Waals surface area contributed by atoms with E-state index in [4.69, 9.17) is 5.11 Å². The van der Waals surface area contributed by atoms with Crippen molar-refractivity contribution in [2.45, 2.75) is 32.6 Å². The molecule has 1 unspecified atom stereocenters. The van der Waals surface area contributed by atoms with Gasteiger partial charge < -0.3 is 5.11 Å². The summed E-state index contributed by atoms with van der Waals surface area (Å²) in [7, 11) is -3.15. The van der Waals surface area contributed by atoms with Crippen molar-refractivity contribution in [2.75, 3.05) is 18.9 Å². The molecule has 0 aliphatic rings. The Hall–Kier alpha value is -1.35. The summed E-state index contributed by atoms with van der Waals surface area (Å²) < 4.78 is 25.9. The molecule has 4 nitrogen and oxygen atoms in total. The molecule has 0 saturated carbocycles. The number of rotatable bonds is 7. The number of sulfonamides is 1. The van der Waals surface area contributed by atoms with Crippen molar-refractivity contribution in [3.63, 3.8) is 0 Å². The van der Waals surface area contributed by atoms with Gasteiger partial charge in [-0.25, -0.2) is 13.1 Å². The SMILES string of the molecule is CCCS(=O)(=O)NCC(C)c1ccc(C#CCCO)cc1. The quantitative estimate of drug-likeness (QED) is 0.756. The Morgan fingerprint density at radius 1 is 1.29 bits per heavy atom. The third kappa shape index (κ3) is 6.76. The molecule has 116 valence electrons. The summed E-state index contributed by atoms with van der Waals surface area (Å²) in [5, 5.41) is 8.67. The topological polar surface area (TPSA) is 66.4 Å². The van der Waals surface area contributed by atoms with Gasteiger partial charge in [-0.3, -0.25) is 0 Å².